The average molecular weight is 335 g/mol. The molecule has 2 aromatic rings. The van der Waals surface area contributed by atoms with Gasteiger partial charge in [-0.25, -0.2) is 14.2 Å². The second-order valence-corrected chi connectivity index (χ2v) is 4.90. The minimum Gasteiger partial charge on any atom is -0.464 e. The lowest BCUT2D eigenvalue weighted by molar-refractivity contribution is 0.0594. The molecular formula is C13H7Cl3FNO2. The first kappa shape index (κ1) is 15.0. The number of benzene rings is 1. The Morgan fingerprint density at radius 3 is 2.50 bits per heavy atom. The van der Waals surface area contributed by atoms with E-state index in [1.165, 1.54) is 25.3 Å². The van der Waals surface area contributed by atoms with E-state index in [9.17, 15) is 9.18 Å². The standard InChI is InChI=1S/C13H7Cl3FNO2/c1-20-13(19)9-5-4-8(17)12(18-9)6-2-3-7(14)11(16)10(6)15/h2-5H,1H3. The first-order valence-corrected chi connectivity index (χ1v) is 6.47. The lowest BCUT2D eigenvalue weighted by Crippen LogP contribution is -2.06. The molecule has 1 aromatic heterocycles. The topological polar surface area (TPSA) is 39.2 Å². The van der Waals surface area contributed by atoms with Crippen LogP contribution in [-0.2, 0) is 4.74 Å². The Morgan fingerprint density at radius 2 is 1.85 bits per heavy atom. The summed E-state index contributed by atoms with van der Waals surface area (Å²) >= 11 is 17.8. The van der Waals surface area contributed by atoms with E-state index in [2.05, 4.69) is 9.72 Å². The molecule has 0 radical (unpaired) electrons. The van der Waals surface area contributed by atoms with E-state index >= 15 is 0 Å². The highest BCUT2D eigenvalue weighted by Crippen LogP contribution is 2.38. The lowest BCUT2D eigenvalue weighted by atomic mass is 10.1. The normalized spacial score (nSPS) is 10.4. The fraction of sp³-hybridized carbons (Fsp3) is 0.0769. The molecule has 104 valence electrons. The number of esters is 1. The van der Waals surface area contributed by atoms with Crippen LogP contribution in [0.5, 0.6) is 0 Å². The van der Waals surface area contributed by atoms with Gasteiger partial charge in [0.15, 0.2) is 0 Å². The Hall–Kier alpha value is -1.36. The number of rotatable bonds is 2. The molecule has 0 amide bonds. The van der Waals surface area contributed by atoms with E-state index in [4.69, 9.17) is 34.8 Å². The second-order valence-electron chi connectivity index (χ2n) is 3.74. The number of aromatic nitrogens is 1. The molecule has 0 aliphatic heterocycles. The van der Waals surface area contributed by atoms with Gasteiger partial charge in [0.05, 0.1) is 22.2 Å². The molecule has 0 aliphatic carbocycles. The van der Waals surface area contributed by atoms with Crippen LogP contribution in [-0.4, -0.2) is 18.1 Å². The largest absolute Gasteiger partial charge is 0.464 e. The van der Waals surface area contributed by atoms with E-state index in [1.54, 1.807) is 0 Å². The molecule has 20 heavy (non-hydrogen) atoms. The summed E-state index contributed by atoms with van der Waals surface area (Å²) in [6.45, 7) is 0. The van der Waals surface area contributed by atoms with Gasteiger partial charge in [-0.05, 0) is 24.3 Å². The second kappa shape index (κ2) is 5.95. The number of nitrogens with zero attached hydrogens (tertiary/aromatic N) is 1. The molecule has 0 aliphatic rings. The SMILES string of the molecule is COC(=O)c1ccc(F)c(-c2ccc(Cl)c(Cl)c2Cl)n1. The van der Waals surface area contributed by atoms with E-state index < -0.39 is 11.8 Å². The number of methoxy groups -OCH3 is 1. The number of carbonyl (C=O) groups is 1. The fourth-order valence-corrected chi connectivity index (χ4v) is 2.18. The molecule has 0 saturated heterocycles. The first-order chi connectivity index (χ1) is 9.45. The summed E-state index contributed by atoms with van der Waals surface area (Å²) in [4.78, 5) is 15.3. The number of hydrogen-bond acceptors (Lipinski definition) is 3. The van der Waals surface area contributed by atoms with Gasteiger partial charge in [0.1, 0.15) is 17.2 Å². The van der Waals surface area contributed by atoms with Crippen molar-refractivity contribution in [3.63, 3.8) is 0 Å². The molecule has 0 fully saturated rings. The molecule has 0 spiro atoms. The van der Waals surface area contributed by atoms with Crippen molar-refractivity contribution in [2.24, 2.45) is 0 Å². The zero-order valence-electron chi connectivity index (χ0n) is 10.1. The van der Waals surface area contributed by atoms with Crippen molar-refractivity contribution in [3.8, 4) is 11.3 Å². The Kier molecular flexibility index (Phi) is 4.48. The third kappa shape index (κ3) is 2.73. The molecule has 0 unspecified atom stereocenters. The van der Waals surface area contributed by atoms with Gasteiger partial charge in [-0.3, -0.25) is 0 Å². The number of ether oxygens (including phenoxy) is 1. The zero-order chi connectivity index (χ0) is 14.9. The fourth-order valence-electron chi connectivity index (χ4n) is 1.56. The van der Waals surface area contributed by atoms with Crippen molar-refractivity contribution in [3.05, 3.63) is 50.8 Å². The van der Waals surface area contributed by atoms with Crippen molar-refractivity contribution in [1.82, 2.24) is 4.98 Å². The maximum absolute atomic E-state index is 13.9. The zero-order valence-corrected chi connectivity index (χ0v) is 12.4. The van der Waals surface area contributed by atoms with Crippen LogP contribution in [0.4, 0.5) is 4.39 Å². The summed E-state index contributed by atoms with van der Waals surface area (Å²) in [5, 5.41) is 0.396. The maximum Gasteiger partial charge on any atom is 0.356 e. The number of hydrogen-bond donors (Lipinski definition) is 0. The Morgan fingerprint density at radius 1 is 1.15 bits per heavy atom. The van der Waals surface area contributed by atoms with E-state index in [0.29, 0.717) is 0 Å². The van der Waals surface area contributed by atoms with Crippen LogP contribution in [0.25, 0.3) is 11.3 Å². The summed E-state index contributed by atoms with van der Waals surface area (Å²) in [7, 11) is 1.21. The highest BCUT2D eigenvalue weighted by atomic mass is 35.5. The van der Waals surface area contributed by atoms with Crippen molar-refractivity contribution in [1.29, 1.82) is 0 Å². The van der Waals surface area contributed by atoms with Gasteiger partial charge in [0, 0.05) is 5.56 Å². The monoisotopic (exact) mass is 333 g/mol. The molecule has 1 aromatic carbocycles. The Labute approximate surface area is 129 Å². The number of halogens is 4. The molecule has 7 heteroatoms. The van der Waals surface area contributed by atoms with Crippen molar-refractivity contribution in [2.45, 2.75) is 0 Å². The van der Waals surface area contributed by atoms with Gasteiger partial charge in [-0.2, -0.15) is 0 Å². The summed E-state index contributed by atoms with van der Waals surface area (Å²) in [5.41, 5.74) is 0.104. The Balaban J connectivity index is 2.63. The average Bonchev–Trinajstić information content (AvgIpc) is 2.45. The smallest absolute Gasteiger partial charge is 0.356 e. The Bertz CT molecular complexity index is 692. The third-order valence-corrected chi connectivity index (χ3v) is 3.82. The van der Waals surface area contributed by atoms with Crippen molar-refractivity contribution >= 4 is 40.8 Å². The maximum atomic E-state index is 13.9. The van der Waals surface area contributed by atoms with Gasteiger partial charge < -0.3 is 4.74 Å². The quantitative estimate of drug-likeness (QED) is 0.593. The van der Waals surface area contributed by atoms with Crippen LogP contribution in [0.2, 0.25) is 15.1 Å². The van der Waals surface area contributed by atoms with Crippen LogP contribution >= 0.6 is 34.8 Å². The van der Waals surface area contributed by atoms with Crippen LogP contribution < -0.4 is 0 Å². The van der Waals surface area contributed by atoms with Crippen molar-refractivity contribution < 1.29 is 13.9 Å². The van der Waals surface area contributed by atoms with Gasteiger partial charge in [0.25, 0.3) is 0 Å². The molecule has 3 nitrogen and oxygen atoms in total. The van der Waals surface area contributed by atoms with Crippen LogP contribution in [0.1, 0.15) is 10.5 Å². The highest BCUT2D eigenvalue weighted by molar-refractivity contribution is 6.49. The van der Waals surface area contributed by atoms with Crippen molar-refractivity contribution in [2.75, 3.05) is 7.11 Å². The predicted octanol–water partition coefficient (Wildman–Crippen LogP) is 4.63. The van der Waals surface area contributed by atoms with E-state index in [0.717, 1.165) is 6.07 Å². The number of pyridine rings is 1. The van der Waals surface area contributed by atoms with Crippen LogP contribution in [0.15, 0.2) is 24.3 Å². The molecular weight excluding hydrogens is 328 g/mol. The molecule has 2 rings (SSSR count). The van der Waals surface area contributed by atoms with Gasteiger partial charge in [-0.1, -0.05) is 34.8 Å². The summed E-state index contributed by atoms with van der Waals surface area (Å²) < 4.78 is 18.4. The molecule has 0 atom stereocenters. The van der Waals surface area contributed by atoms with Gasteiger partial charge in [0.2, 0.25) is 0 Å². The first-order valence-electron chi connectivity index (χ1n) is 5.34. The third-order valence-electron chi connectivity index (χ3n) is 2.53. The summed E-state index contributed by atoms with van der Waals surface area (Å²) in [6.07, 6.45) is 0. The van der Waals surface area contributed by atoms with Crippen LogP contribution in [0.3, 0.4) is 0 Å². The summed E-state index contributed by atoms with van der Waals surface area (Å²) in [5.74, 6) is -1.32. The summed E-state index contributed by atoms with van der Waals surface area (Å²) in [6, 6.07) is 5.27. The van der Waals surface area contributed by atoms with E-state index in [-0.39, 0.29) is 32.0 Å². The number of carbonyl (C=O) groups excluding carboxylic acids is 1. The minimum absolute atomic E-state index is 0.0361. The lowest BCUT2D eigenvalue weighted by Gasteiger charge is -2.09. The highest BCUT2D eigenvalue weighted by Gasteiger charge is 2.17. The van der Waals surface area contributed by atoms with Crippen LogP contribution in [0, 0.1) is 5.82 Å². The van der Waals surface area contributed by atoms with Gasteiger partial charge >= 0.3 is 5.97 Å². The van der Waals surface area contributed by atoms with E-state index in [1.807, 2.05) is 0 Å². The predicted molar refractivity (Wildman–Crippen MR) is 76.0 cm³/mol. The molecule has 0 bridgehead atoms. The minimum atomic E-state index is -0.678. The van der Waals surface area contributed by atoms with Gasteiger partial charge in [-0.15, -0.1) is 0 Å². The molecule has 1 heterocycles. The molecule has 0 saturated carbocycles. The molecule has 0 N–H and O–H groups in total.